The van der Waals surface area contributed by atoms with Gasteiger partial charge in [0.2, 0.25) is 11.7 Å². The number of fused-ring (bicyclic) bond motifs is 1. The fourth-order valence-electron chi connectivity index (χ4n) is 2.75. The summed E-state index contributed by atoms with van der Waals surface area (Å²) >= 11 is 1.80. The lowest BCUT2D eigenvalue weighted by Gasteiger charge is -2.20. The lowest BCUT2D eigenvalue weighted by atomic mass is 10.0. The molecule has 5 nitrogen and oxygen atoms in total. The molecule has 19 heavy (non-hydrogen) atoms. The lowest BCUT2D eigenvalue weighted by Crippen LogP contribution is -2.29. The van der Waals surface area contributed by atoms with Gasteiger partial charge < -0.3 is 14.6 Å². The molecule has 2 unspecified atom stereocenters. The zero-order valence-electron chi connectivity index (χ0n) is 10.5. The third-order valence-electron chi connectivity index (χ3n) is 3.71. The quantitative estimate of drug-likeness (QED) is 0.912. The maximum Gasteiger partial charge on any atom is 0.248 e. The highest BCUT2D eigenvalue weighted by atomic mass is 32.1. The number of hydrogen-bond donors (Lipinski definition) is 1. The van der Waals surface area contributed by atoms with Crippen molar-refractivity contribution < 1.29 is 9.26 Å². The molecule has 2 aliphatic rings. The molecule has 2 atom stereocenters. The highest BCUT2D eigenvalue weighted by Crippen LogP contribution is 2.33. The molecule has 0 aliphatic carbocycles. The van der Waals surface area contributed by atoms with Gasteiger partial charge in [0, 0.05) is 18.0 Å². The number of thiophene rings is 1. The van der Waals surface area contributed by atoms with Gasteiger partial charge in [-0.25, -0.2) is 0 Å². The Morgan fingerprint density at radius 2 is 2.42 bits per heavy atom. The summed E-state index contributed by atoms with van der Waals surface area (Å²) in [5.41, 5.74) is 1.28. The van der Waals surface area contributed by atoms with Crippen LogP contribution in [-0.2, 0) is 11.2 Å². The van der Waals surface area contributed by atoms with E-state index in [1.165, 1.54) is 10.4 Å². The number of ether oxygens (including phenoxy) is 1. The standard InChI is InChI=1S/C13H15N3O2S/c1-2-9(17-6-1)12-15-13(18-16-12)11-8-4-7-19-10(8)3-5-14-11/h4,7,9,11,14H,1-3,5-6H2. The molecule has 0 saturated carbocycles. The van der Waals surface area contributed by atoms with E-state index in [4.69, 9.17) is 9.26 Å². The van der Waals surface area contributed by atoms with E-state index in [2.05, 4.69) is 26.9 Å². The first kappa shape index (κ1) is 11.6. The maximum atomic E-state index is 5.59. The van der Waals surface area contributed by atoms with Crippen LogP contribution in [-0.4, -0.2) is 23.3 Å². The van der Waals surface area contributed by atoms with E-state index in [-0.39, 0.29) is 12.1 Å². The Hall–Kier alpha value is -1.24. The average Bonchev–Trinajstić information content (AvgIpc) is 3.18. The van der Waals surface area contributed by atoms with Gasteiger partial charge in [-0.2, -0.15) is 4.98 Å². The molecule has 100 valence electrons. The van der Waals surface area contributed by atoms with Gasteiger partial charge in [0.05, 0.1) is 0 Å². The van der Waals surface area contributed by atoms with Crippen molar-refractivity contribution in [3.8, 4) is 0 Å². The summed E-state index contributed by atoms with van der Waals surface area (Å²) in [6, 6.07) is 2.19. The van der Waals surface area contributed by atoms with Gasteiger partial charge in [-0.05, 0) is 36.3 Å². The fraction of sp³-hybridized carbons (Fsp3) is 0.538. The van der Waals surface area contributed by atoms with Crippen molar-refractivity contribution in [2.24, 2.45) is 0 Å². The Kier molecular flexibility index (Phi) is 2.86. The third kappa shape index (κ3) is 2.00. The molecular weight excluding hydrogens is 262 g/mol. The van der Waals surface area contributed by atoms with Gasteiger partial charge in [-0.15, -0.1) is 11.3 Å². The SMILES string of the molecule is c1cc2c(s1)CCNC2c1nc(C2CCCO2)no1. The monoisotopic (exact) mass is 277 g/mol. The van der Waals surface area contributed by atoms with E-state index in [1.807, 2.05) is 0 Å². The van der Waals surface area contributed by atoms with Gasteiger partial charge in [0.25, 0.3) is 0 Å². The molecule has 0 radical (unpaired) electrons. The molecule has 0 bridgehead atoms. The molecule has 4 rings (SSSR count). The van der Waals surface area contributed by atoms with Gasteiger partial charge in [0.1, 0.15) is 12.1 Å². The first-order chi connectivity index (χ1) is 9.42. The van der Waals surface area contributed by atoms with Crippen LogP contribution >= 0.6 is 11.3 Å². The van der Waals surface area contributed by atoms with Crippen LogP contribution in [0.1, 0.15) is 47.1 Å². The van der Waals surface area contributed by atoms with Crippen LogP contribution in [0, 0.1) is 0 Å². The van der Waals surface area contributed by atoms with Crippen molar-refractivity contribution in [3.63, 3.8) is 0 Å². The number of aromatic nitrogens is 2. The van der Waals surface area contributed by atoms with Crippen LogP contribution < -0.4 is 5.32 Å². The third-order valence-corrected chi connectivity index (χ3v) is 4.71. The molecule has 1 saturated heterocycles. The maximum absolute atomic E-state index is 5.59. The van der Waals surface area contributed by atoms with Crippen LogP contribution in [0.15, 0.2) is 16.0 Å². The van der Waals surface area contributed by atoms with E-state index in [0.717, 1.165) is 32.4 Å². The predicted molar refractivity (Wildman–Crippen MR) is 70.1 cm³/mol. The summed E-state index contributed by atoms with van der Waals surface area (Å²) in [5.74, 6) is 1.35. The zero-order valence-corrected chi connectivity index (χ0v) is 11.3. The minimum atomic E-state index is 0.0167. The fourth-order valence-corrected chi connectivity index (χ4v) is 3.67. The van der Waals surface area contributed by atoms with Crippen molar-refractivity contribution >= 4 is 11.3 Å². The number of rotatable bonds is 2. The highest BCUT2D eigenvalue weighted by Gasteiger charge is 2.29. The summed E-state index contributed by atoms with van der Waals surface area (Å²) in [5, 5.41) is 9.66. The number of nitrogens with one attached hydrogen (secondary N) is 1. The van der Waals surface area contributed by atoms with Crippen LogP contribution in [0.2, 0.25) is 0 Å². The Balaban J connectivity index is 1.63. The van der Waals surface area contributed by atoms with Crippen molar-refractivity contribution in [2.45, 2.75) is 31.4 Å². The lowest BCUT2D eigenvalue weighted by molar-refractivity contribution is 0.103. The smallest absolute Gasteiger partial charge is 0.248 e. The molecule has 2 aromatic heterocycles. The minimum Gasteiger partial charge on any atom is -0.370 e. The van der Waals surface area contributed by atoms with Gasteiger partial charge in [-0.3, -0.25) is 0 Å². The summed E-state index contributed by atoms with van der Waals surface area (Å²) < 4.78 is 11.0. The molecule has 1 fully saturated rings. The van der Waals surface area contributed by atoms with E-state index in [1.54, 1.807) is 11.3 Å². The Morgan fingerprint density at radius 3 is 3.32 bits per heavy atom. The summed E-state index contributed by atoms with van der Waals surface area (Å²) in [6.45, 7) is 1.75. The Morgan fingerprint density at radius 1 is 1.42 bits per heavy atom. The molecular formula is C13H15N3O2S. The van der Waals surface area contributed by atoms with Crippen LogP contribution in [0.5, 0.6) is 0 Å². The summed E-state index contributed by atoms with van der Waals surface area (Å²) in [7, 11) is 0. The van der Waals surface area contributed by atoms with Crippen LogP contribution in [0.3, 0.4) is 0 Å². The molecule has 1 N–H and O–H groups in total. The first-order valence-corrected chi connectivity index (χ1v) is 7.54. The molecule has 2 aliphatic heterocycles. The van der Waals surface area contributed by atoms with Gasteiger partial charge >= 0.3 is 0 Å². The second-order valence-electron chi connectivity index (χ2n) is 4.93. The van der Waals surface area contributed by atoms with Crippen molar-refractivity contribution in [2.75, 3.05) is 13.2 Å². The predicted octanol–water partition coefficient (Wildman–Crippen LogP) is 2.22. The second kappa shape index (κ2) is 4.70. The number of hydrogen-bond acceptors (Lipinski definition) is 6. The Labute approximate surface area is 115 Å². The highest BCUT2D eigenvalue weighted by molar-refractivity contribution is 7.10. The zero-order chi connectivity index (χ0) is 12.7. The second-order valence-corrected chi connectivity index (χ2v) is 5.93. The summed E-state index contributed by atoms with van der Waals surface area (Å²) in [4.78, 5) is 5.95. The van der Waals surface area contributed by atoms with Crippen molar-refractivity contribution in [1.82, 2.24) is 15.5 Å². The van der Waals surface area contributed by atoms with E-state index in [9.17, 15) is 0 Å². The van der Waals surface area contributed by atoms with Crippen molar-refractivity contribution in [1.29, 1.82) is 0 Å². The molecule has 0 spiro atoms. The molecule has 6 heteroatoms. The first-order valence-electron chi connectivity index (χ1n) is 6.66. The number of nitrogens with zero attached hydrogens (tertiary/aromatic N) is 2. The van der Waals surface area contributed by atoms with Gasteiger partial charge in [0.15, 0.2) is 0 Å². The molecule has 0 amide bonds. The largest absolute Gasteiger partial charge is 0.370 e. The van der Waals surface area contributed by atoms with E-state index >= 15 is 0 Å². The van der Waals surface area contributed by atoms with Crippen molar-refractivity contribution in [3.05, 3.63) is 33.6 Å². The average molecular weight is 277 g/mol. The van der Waals surface area contributed by atoms with Crippen LogP contribution in [0.4, 0.5) is 0 Å². The van der Waals surface area contributed by atoms with E-state index < -0.39 is 0 Å². The topological polar surface area (TPSA) is 60.2 Å². The minimum absolute atomic E-state index is 0.0167. The van der Waals surface area contributed by atoms with E-state index in [0.29, 0.717) is 11.7 Å². The summed E-state index contributed by atoms with van der Waals surface area (Å²) in [6.07, 6.45) is 3.16. The van der Waals surface area contributed by atoms with Gasteiger partial charge in [-0.1, -0.05) is 5.16 Å². The molecule has 0 aromatic carbocycles. The Bertz CT molecular complexity index is 574. The van der Waals surface area contributed by atoms with Crippen LogP contribution in [0.25, 0.3) is 0 Å². The normalized spacial score (nSPS) is 26.5. The molecule has 2 aromatic rings. The molecule has 4 heterocycles.